The summed E-state index contributed by atoms with van der Waals surface area (Å²) in [5.74, 6) is -0.875. The van der Waals surface area contributed by atoms with E-state index in [9.17, 15) is 14.4 Å². The third-order valence-corrected chi connectivity index (χ3v) is 6.53. The van der Waals surface area contributed by atoms with E-state index in [1.165, 1.54) is 36.1 Å². The molecule has 3 rings (SSSR count). The highest BCUT2D eigenvalue weighted by atomic mass is 32.1. The lowest BCUT2D eigenvalue weighted by molar-refractivity contribution is 0.0602. The molecule has 0 aliphatic carbocycles. The summed E-state index contributed by atoms with van der Waals surface area (Å²) in [5, 5.41) is 3.69. The molecule has 0 aliphatic heterocycles. The first kappa shape index (κ1) is 20.2. The molecular weight excluding hydrogens is 398 g/mol. The van der Waals surface area contributed by atoms with Crippen LogP contribution < -0.4 is 10.9 Å². The minimum Gasteiger partial charge on any atom is -0.465 e. The van der Waals surface area contributed by atoms with Gasteiger partial charge in [-0.2, -0.15) is 0 Å². The summed E-state index contributed by atoms with van der Waals surface area (Å²) in [4.78, 5) is 43.7. The Morgan fingerprint density at radius 3 is 2.71 bits per heavy atom. The molecule has 0 saturated heterocycles. The Bertz CT molecular complexity index is 1110. The van der Waals surface area contributed by atoms with Crippen LogP contribution in [0.25, 0.3) is 10.2 Å². The molecule has 0 unspecified atom stereocenters. The summed E-state index contributed by atoms with van der Waals surface area (Å²) in [6.07, 6.45) is 3.40. The van der Waals surface area contributed by atoms with E-state index in [-0.39, 0.29) is 11.5 Å². The number of nitrogens with zero attached hydrogens (tertiary/aromatic N) is 2. The predicted octanol–water partition coefficient (Wildman–Crippen LogP) is 3.98. The summed E-state index contributed by atoms with van der Waals surface area (Å²) < 4.78 is 6.36. The van der Waals surface area contributed by atoms with Gasteiger partial charge in [-0.1, -0.05) is 13.3 Å². The summed E-state index contributed by atoms with van der Waals surface area (Å²) in [7, 11) is 1.30. The van der Waals surface area contributed by atoms with Crippen molar-refractivity contribution in [3.63, 3.8) is 0 Å². The van der Waals surface area contributed by atoms with Crippen LogP contribution in [-0.4, -0.2) is 28.5 Å². The molecular formula is C19H21N3O4S2. The molecule has 3 aromatic heterocycles. The number of unbranched alkanes of at least 4 members (excludes halogenated alkanes) is 1. The van der Waals surface area contributed by atoms with Gasteiger partial charge in [0.25, 0.3) is 11.5 Å². The molecule has 0 radical (unpaired) electrons. The maximum Gasteiger partial charge on any atom is 0.340 e. The molecule has 0 spiro atoms. The molecule has 9 heteroatoms. The molecule has 1 amide bonds. The second-order valence-corrected chi connectivity index (χ2v) is 8.63. The van der Waals surface area contributed by atoms with Crippen molar-refractivity contribution in [2.45, 2.75) is 40.2 Å². The SMILES string of the molecule is CCCCn1cnc2sc(C(=O)Nc3sc(C)cc3C(=O)OC)c(C)c2c1=O. The number of aromatic nitrogens is 2. The topological polar surface area (TPSA) is 90.3 Å². The fraction of sp³-hybridized carbons (Fsp3) is 0.368. The molecule has 0 fully saturated rings. The molecule has 0 aliphatic rings. The smallest absolute Gasteiger partial charge is 0.340 e. The maximum absolute atomic E-state index is 12.9. The van der Waals surface area contributed by atoms with Gasteiger partial charge in [0.2, 0.25) is 0 Å². The second kappa shape index (κ2) is 8.24. The summed E-state index contributed by atoms with van der Waals surface area (Å²) in [5.41, 5.74) is 0.791. The third-order valence-electron chi connectivity index (χ3n) is 4.36. The number of rotatable bonds is 6. The highest BCUT2D eigenvalue weighted by molar-refractivity contribution is 7.21. The number of carbonyl (C=O) groups is 2. The van der Waals surface area contributed by atoms with Crippen molar-refractivity contribution >= 4 is 49.8 Å². The number of amides is 1. The van der Waals surface area contributed by atoms with Crippen molar-refractivity contribution in [1.29, 1.82) is 0 Å². The number of carbonyl (C=O) groups excluding carboxylic acids is 2. The molecule has 28 heavy (non-hydrogen) atoms. The zero-order chi connectivity index (χ0) is 20.4. The fourth-order valence-electron chi connectivity index (χ4n) is 2.89. The van der Waals surface area contributed by atoms with Gasteiger partial charge in [-0.25, -0.2) is 9.78 Å². The quantitative estimate of drug-likeness (QED) is 0.611. The van der Waals surface area contributed by atoms with Crippen LogP contribution in [0, 0.1) is 13.8 Å². The van der Waals surface area contributed by atoms with Gasteiger partial charge in [-0.3, -0.25) is 14.2 Å². The number of hydrogen-bond acceptors (Lipinski definition) is 7. The normalized spacial score (nSPS) is 11.0. The molecule has 0 saturated carbocycles. The van der Waals surface area contributed by atoms with Crippen molar-refractivity contribution < 1.29 is 14.3 Å². The number of thiophene rings is 2. The minimum absolute atomic E-state index is 0.131. The number of methoxy groups -OCH3 is 1. The Hall–Kier alpha value is -2.52. The maximum atomic E-state index is 12.9. The zero-order valence-electron chi connectivity index (χ0n) is 16.1. The van der Waals surface area contributed by atoms with Crippen molar-refractivity contribution in [1.82, 2.24) is 9.55 Å². The average Bonchev–Trinajstić information content (AvgIpc) is 3.20. The van der Waals surface area contributed by atoms with Gasteiger partial charge in [0, 0.05) is 11.4 Å². The van der Waals surface area contributed by atoms with Crippen molar-refractivity contribution in [2.24, 2.45) is 0 Å². The number of ether oxygens (including phenoxy) is 1. The Balaban J connectivity index is 1.97. The standard InChI is InChI=1S/C19H21N3O4S2/c1-5-6-7-22-9-20-17-13(18(22)24)11(3)14(28-17)15(23)21-16-12(19(25)26-4)8-10(2)27-16/h8-9H,5-7H2,1-4H3,(H,21,23). The van der Waals surface area contributed by atoms with Crippen LogP contribution in [0.3, 0.4) is 0 Å². The molecule has 7 nitrogen and oxygen atoms in total. The highest BCUT2D eigenvalue weighted by Crippen LogP contribution is 2.31. The number of aryl methyl sites for hydroxylation is 3. The van der Waals surface area contributed by atoms with E-state index in [2.05, 4.69) is 17.2 Å². The summed E-state index contributed by atoms with van der Waals surface area (Å²) in [6, 6.07) is 1.68. The molecule has 148 valence electrons. The van der Waals surface area contributed by atoms with Crippen LogP contribution in [0.4, 0.5) is 5.00 Å². The van der Waals surface area contributed by atoms with Gasteiger partial charge in [0.15, 0.2) is 0 Å². The van der Waals surface area contributed by atoms with E-state index < -0.39 is 5.97 Å². The predicted molar refractivity (Wildman–Crippen MR) is 112 cm³/mol. The monoisotopic (exact) mass is 419 g/mol. The average molecular weight is 420 g/mol. The van der Waals surface area contributed by atoms with Gasteiger partial charge < -0.3 is 10.1 Å². The first-order valence-corrected chi connectivity index (χ1v) is 10.5. The van der Waals surface area contributed by atoms with Crippen LogP contribution in [0.1, 0.15) is 50.2 Å². The Kier molecular flexibility index (Phi) is 5.95. The van der Waals surface area contributed by atoms with Gasteiger partial charge in [0.1, 0.15) is 9.83 Å². The van der Waals surface area contributed by atoms with Crippen molar-refractivity contribution in [3.05, 3.63) is 43.6 Å². The van der Waals surface area contributed by atoms with E-state index in [1.807, 2.05) is 6.92 Å². The highest BCUT2D eigenvalue weighted by Gasteiger charge is 2.22. The second-order valence-electron chi connectivity index (χ2n) is 6.38. The van der Waals surface area contributed by atoms with Gasteiger partial charge >= 0.3 is 5.97 Å². The van der Waals surface area contributed by atoms with E-state index >= 15 is 0 Å². The molecule has 0 aromatic carbocycles. The molecule has 0 atom stereocenters. The Morgan fingerprint density at radius 2 is 2.04 bits per heavy atom. The van der Waals surface area contributed by atoms with Crippen LogP contribution in [0.2, 0.25) is 0 Å². The van der Waals surface area contributed by atoms with E-state index in [0.717, 1.165) is 17.7 Å². The van der Waals surface area contributed by atoms with Crippen molar-refractivity contribution in [3.8, 4) is 0 Å². The van der Waals surface area contributed by atoms with E-state index in [0.29, 0.717) is 37.8 Å². The molecule has 1 N–H and O–H groups in total. The number of esters is 1. The number of anilines is 1. The van der Waals surface area contributed by atoms with Gasteiger partial charge in [-0.15, -0.1) is 22.7 Å². The van der Waals surface area contributed by atoms with Crippen LogP contribution >= 0.6 is 22.7 Å². The summed E-state index contributed by atoms with van der Waals surface area (Å²) in [6.45, 7) is 6.26. The van der Waals surface area contributed by atoms with Crippen molar-refractivity contribution in [2.75, 3.05) is 12.4 Å². The Labute approximate surface area is 170 Å². The first-order chi connectivity index (χ1) is 13.4. The number of hydrogen-bond donors (Lipinski definition) is 1. The minimum atomic E-state index is -0.506. The lowest BCUT2D eigenvalue weighted by Crippen LogP contribution is -2.20. The van der Waals surface area contributed by atoms with Crippen LogP contribution in [0.5, 0.6) is 0 Å². The van der Waals surface area contributed by atoms with Crippen LogP contribution in [-0.2, 0) is 11.3 Å². The Morgan fingerprint density at radius 1 is 1.29 bits per heavy atom. The van der Waals surface area contributed by atoms with Gasteiger partial charge in [0.05, 0.1) is 29.3 Å². The first-order valence-electron chi connectivity index (χ1n) is 8.86. The summed E-state index contributed by atoms with van der Waals surface area (Å²) >= 11 is 2.48. The number of fused-ring (bicyclic) bond motifs is 1. The lowest BCUT2D eigenvalue weighted by atomic mass is 10.2. The largest absolute Gasteiger partial charge is 0.465 e. The van der Waals surface area contributed by atoms with E-state index in [4.69, 9.17) is 4.74 Å². The lowest BCUT2D eigenvalue weighted by Gasteiger charge is -2.05. The molecule has 3 aromatic rings. The zero-order valence-corrected chi connectivity index (χ0v) is 17.8. The molecule has 0 bridgehead atoms. The van der Waals surface area contributed by atoms with Crippen LogP contribution in [0.15, 0.2) is 17.2 Å². The fourth-order valence-corrected chi connectivity index (χ4v) is 4.82. The molecule has 3 heterocycles. The number of nitrogens with one attached hydrogen (secondary N) is 1. The third kappa shape index (κ3) is 3.72. The van der Waals surface area contributed by atoms with Gasteiger partial charge in [-0.05, 0) is 31.9 Å². The van der Waals surface area contributed by atoms with E-state index in [1.54, 1.807) is 17.6 Å².